The van der Waals surface area contributed by atoms with E-state index in [0.29, 0.717) is 17.1 Å². The van der Waals surface area contributed by atoms with Crippen LogP contribution in [0.25, 0.3) is 22.3 Å². The Hall–Kier alpha value is -4.61. The average Bonchev–Trinajstić information content (AvgIpc) is 2.88. The van der Waals surface area contributed by atoms with E-state index in [1.54, 1.807) is 39.8 Å². The van der Waals surface area contributed by atoms with Crippen LogP contribution in [0.1, 0.15) is 33.3 Å². The van der Waals surface area contributed by atoms with E-state index in [2.05, 4.69) is 11.8 Å². The molecule has 0 N–H and O–H groups in total. The lowest BCUT2D eigenvalue weighted by Gasteiger charge is -2.24. The van der Waals surface area contributed by atoms with Crippen LogP contribution in [0.15, 0.2) is 82.0 Å². The molecule has 0 radical (unpaired) electrons. The van der Waals surface area contributed by atoms with Gasteiger partial charge in [-0.15, -0.1) is 12.8 Å². The van der Waals surface area contributed by atoms with Gasteiger partial charge in [-0.1, -0.05) is 72.5 Å². The molecule has 0 aliphatic rings. The molecular formula is C32H28O5. The van der Waals surface area contributed by atoms with Crippen molar-refractivity contribution in [3.63, 3.8) is 0 Å². The first-order chi connectivity index (χ1) is 17.6. The highest BCUT2D eigenvalue weighted by Crippen LogP contribution is 2.38. The van der Waals surface area contributed by atoms with Crippen LogP contribution in [0.4, 0.5) is 0 Å². The van der Waals surface area contributed by atoms with E-state index < -0.39 is 11.2 Å². The number of rotatable bonds is 8. The summed E-state index contributed by atoms with van der Waals surface area (Å²) < 4.78 is 24.6. The van der Waals surface area contributed by atoms with Crippen molar-refractivity contribution in [2.75, 3.05) is 0 Å². The summed E-state index contributed by atoms with van der Waals surface area (Å²) in [5.74, 6) is 6.14. The van der Waals surface area contributed by atoms with E-state index in [9.17, 15) is 4.79 Å². The normalized spacial score (nSPS) is 11.4. The number of hydrogen-bond donors (Lipinski definition) is 0. The second kappa shape index (κ2) is 10.2. The molecule has 0 unspecified atom stereocenters. The molecule has 5 nitrogen and oxygen atoms in total. The fraction of sp³-hybridized carbons (Fsp3) is 0.219. The molecule has 0 amide bonds. The van der Waals surface area contributed by atoms with Gasteiger partial charge in [-0.2, -0.15) is 0 Å². The Morgan fingerprint density at radius 1 is 0.838 bits per heavy atom. The van der Waals surface area contributed by atoms with Crippen LogP contribution in [0, 0.1) is 24.7 Å². The summed E-state index contributed by atoms with van der Waals surface area (Å²) in [4.78, 5) is 14.0. The molecule has 0 aliphatic carbocycles. The molecule has 0 aliphatic heterocycles. The summed E-state index contributed by atoms with van der Waals surface area (Å²) in [6.07, 6.45) is 11.3. The smallest absolute Gasteiger partial charge is 0.239 e. The Labute approximate surface area is 217 Å². The van der Waals surface area contributed by atoms with E-state index in [1.165, 1.54) is 0 Å². The highest BCUT2D eigenvalue weighted by Gasteiger charge is 2.26. The van der Waals surface area contributed by atoms with Gasteiger partial charge in [0.15, 0.2) is 17.0 Å². The molecule has 0 spiro atoms. The van der Waals surface area contributed by atoms with E-state index in [1.807, 2.05) is 60.7 Å². The second-order valence-corrected chi connectivity index (χ2v) is 9.54. The number of terminal acetylenes is 2. The van der Waals surface area contributed by atoms with Crippen molar-refractivity contribution in [1.29, 1.82) is 0 Å². The van der Waals surface area contributed by atoms with Gasteiger partial charge in [0.05, 0.1) is 0 Å². The van der Waals surface area contributed by atoms with Gasteiger partial charge < -0.3 is 18.6 Å². The first kappa shape index (κ1) is 25.5. The van der Waals surface area contributed by atoms with Crippen LogP contribution in [-0.4, -0.2) is 11.2 Å². The highest BCUT2D eigenvalue weighted by atomic mass is 16.5. The SMILES string of the molecule is C#CC(C)(C)Oc1cc(OC(C)(C)C#C)c2c(=O)c(OCc3ccccc3)c(-c3ccccc3)oc2c1. The van der Waals surface area contributed by atoms with Gasteiger partial charge in [0.1, 0.15) is 29.1 Å². The van der Waals surface area contributed by atoms with E-state index in [0.717, 1.165) is 5.56 Å². The molecule has 3 aromatic carbocycles. The largest absolute Gasteiger partial charge is 0.481 e. The fourth-order valence-corrected chi connectivity index (χ4v) is 3.65. The van der Waals surface area contributed by atoms with Gasteiger partial charge in [0.25, 0.3) is 0 Å². The summed E-state index contributed by atoms with van der Waals surface area (Å²) in [7, 11) is 0. The maximum absolute atomic E-state index is 14.0. The molecule has 37 heavy (non-hydrogen) atoms. The van der Waals surface area contributed by atoms with Crippen LogP contribution < -0.4 is 19.6 Å². The lowest BCUT2D eigenvalue weighted by molar-refractivity contribution is 0.163. The summed E-state index contributed by atoms with van der Waals surface area (Å²) in [6, 6.07) is 22.1. The van der Waals surface area contributed by atoms with E-state index in [4.69, 9.17) is 31.5 Å². The van der Waals surface area contributed by atoms with E-state index in [-0.39, 0.29) is 34.5 Å². The zero-order valence-electron chi connectivity index (χ0n) is 21.3. The zero-order chi connectivity index (χ0) is 26.6. The molecule has 4 rings (SSSR count). The van der Waals surface area contributed by atoms with Gasteiger partial charge in [0.2, 0.25) is 11.2 Å². The van der Waals surface area contributed by atoms with Crippen LogP contribution in [0.2, 0.25) is 0 Å². The molecular weight excluding hydrogens is 464 g/mol. The Kier molecular flexibility index (Phi) is 7.00. The first-order valence-electron chi connectivity index (χ1n) is 11.8. The van der Waals surface area contributed by atoms with Crippen LogP contribution in [0.5, 0.6) is 17.2 Å². The number of ether oxygens (including phenoxy) is 3. The Bertz CT molecular complexity index is 1550. The van der Waals surface area contributed by atoms with Gasteiger partial charge in [0, 0.05) is 17.7 Å². The predicted molar refractivity (Wildman–Crippen MR) is 146 cm³/mol. The van der Waals surface area contributed by atoms with Crippen LogP contribution in [0.3, 0.4) is 0 Å². The molecule has 0 atom stereocenters. The molecule has 0 fully saturated rings. The van der Waals surface area contributed by atoms with Gasteiger partial charge >= 0.3 is 0 Å². The minimum Gasteiger partial charge on any atom is -0.481 e. The fourth-order valence-electron chi connectivity index (χ4n) is 3.65. The molecule has 0 bridgehead atoms. The van der Waals surface area contributed by atoms with Gasteiger partial charge in [-0.25, -0.2) is 0 Å². The van der Waals surface area contributed by atoms with Crippen molar-refractivity contribution < 1.29 is 18.6 Å². The molecule has 186 valence electrons. The summed E-state index contributed by atoms with van der Waals surface area (Å²) in [5.41, 5.74) is -0.459. The highest BCUT2D eigenvalue weighted by molar-refractivity contribution is 5.88. The van der Waals surface area contributed by atoms with Crippen molar-refractivity contribution in [3.05, 3.63) is 88.6 Å². The van der Waals surface area contributed by atoms with E-state index >= 15 is 0 Å². The number of fused-ring (bicyclic) bond motifs is 1. The lowest BCUT2D eigenvalue weighted by Crippen LogP contribution is -2.27. The van der Waals surface area contributed by atoms with Crippen molar-refractivity contribution in [1.82, 2.24) is 0 Å². The van der Waals surface area contributed by atoms with Crippen molar-refractivity contribution in [2.45, 2.75) is 45.5 Å². The maximum atomic E-state index is 14.0. The third kappa shape index (κ3) is 5.80. The van der Waals surface area contributed by atoms with Gasteiger partial charge in [-0.3, -0.25) is 4.79 Å². The van der Waals surface area contributed by atoms with Crippen LogP contribution in [-0.2, 0) is 6.61 Å². The third-order valence-electron chi connectivity index (χ3n) is 5.59. The topological polar surface area (TPSA) is 57.9 Å². The minimum absolute atomic E-state index is 0.0727. The third-order valence-corrected chi connectivity index (χ3v) is 5.59. The standard InChI is InChI=1S/C32H28O5/c1-7-31(3,4)36-24-19-25-27(26(20-24)37-32(5,6)8-2)28(33)30(34-21-22-15-11-9-12-16-22)29(35-25)23-17-13-10-14-18-23/h1-2,9-20H,21H2,3-6H3. The quantitative estimate of drug-likeness (QED) is 0.259. The minimum atomic E-state index is -1.01. The Balaban J connectivity index is 1.97. The first-order valence-corrected chi connectivity index (χ1v) is 11.8. The molecule has 5 heteroatoms. The summed E-state index contributed by atoms with van der Waals surface area (Å²) in [5, 5.41) is 0.192. The molecule has 0 saturated heterocycles. The second-order valence-electron chi connectivity index (χ2n) is 9.54. The van der Waals surface area contributed by atoms with Crippen LogP contribution >= 0.6 is 0 Å². The summed E-state index contributed by atoms with van der Waals surface area (Å²) >= 11 is 0. The van der Waals surface area contributed by atoms with Crippen molar-refractivity contribution in [2.24, 2.45) is 0 Å². The molecule has 0 saturated carbocycles. The molecule has 1 heterocycles. The Morgan fingerprint density at radius 3 is 2.05 bits per heavy atom. The number of benzene rings is 3. The Morgan fingerprint density at radius 2 is 1.43 bits per heavy atom. The summed E-state index contributed by atoms with van der Waals surface area (Å²) in [6.45, 7) is 7.15. The zero-order valence-corrected chi connectivity index (χ0v) is 21.3. The number of hydrogen-bond acceptors (Lipinski definition) is 5. The monoisotopic (exact) mass is 492 g/mol. The molecule has 1 aromatic heterocycles. The lowest BCUT2D eigenvalue weighted by atomic mass is 10.1. The molecule has 4 aromatic rings. The predicted octanol–water partition coefficient (Wildman–Crippen LogP) is 6.62. The van der Waals surface area contributed by atoms with Crippen molar-refractivity contribution >= 4 is 11.0 Å². The van der Waals surface area contributed by atoms with Gasteiger partial charge in [-0.05, 0) is 33.3 Å². The average molecular weight is 493 g/mol. The van der Waals surface area contributed by atoms with Crippen molar-refractivity contribution in [3.8, 4) is 53.3 Å². The maximum Gasteiger partial charge on any atom is 0.239 e.